The number of anilines is 1. The van der Waals surface area contributed by atoms with Crippen LogP contribution in [-0.2, 0) is 0 Å². The second-order valence-corrected chi connectivity index (χ2v) is 7.42. The fraction of sp³-hybridized carbons (Fsp3) is 0.533. The summed E-state index contributed by atoms with van der Waals surface area (Å²) >= 11 is 7.79. The number of ether oxygens (including phenoxy) is 1. The number of hydrogen-bond acceptors (Lipinski definition) is 4. The summed E-state index contributed by atoms with van der Waals surface area (Å²) in [6.07, 6.45) is 1.13. The van der Waals surface area contributed by atoms with Crippen molar-refractivity contribution in [1.82, 2.24) is 0 Å². The Bertz CT molecular complexity index is 511. The third-order valence-electron chi connectivity index (χ3n) is 3.31. The van der Waals surface area contributed by atoms with Crippen molar-refractivity contribution in [2.24, 2.45) is 10.4 Å². The molecule has 0 aliphatic carbocycles. The van der Waals surface area contributed by atoms with E-state index >= 15 is 0 Å². The lowest BCUT2D eigenvalue weighted by atomic mass is 9.85. The summed E-state index contributed by atoms with van der Waals surface area (Å²) in [4.78, 5) is 4.82. The van der Waals surface area contributed by atoms with Crippen LogP contribution in [-0.4, -0.2) is 24.1 Å². The zero-order valence-electron chi connectivity index (χ0n) is 12.4. The third-order valence-corrected chi connectivity index (χ3v) is 4.54. The number of nitrogens with zero attached hydrogens (tertiary/aromatic N) is 1. The Morgan fingerprint density at radius 1 is 1.40 bits per heavy atom. The molecule has 0 saturated heterocycles. The van der Waals surface area contributed by atoms with E-state index in [0.29, 0.717) is 16.8 Å². The molecule has 1 unspecified atom stereocenters. The van der Waals surface area contributed by atoms with Crippen molar-refractivity contribution < 1.29 is 4.74 Å². The summed E-state index contributed by atoms with van der Waals surface area (Å²) in [5.41, 5.74) is 1.15. The number of amidine groups is 1. The van der Waals surface area contributed by atoms with E-state index in [0.717, 1.165) is 23.0 Å². The van der Waals surface area contributed by atoms with Crippen molar-refractivity contribution in [3.8, 4) is 5.75 Å². The molecule has 1 atom stereocenters. The van der Waals surface area contributed by atoms with E-state index in [4.69, 9.17) is 21.3 Å². The first-order chi connectivity index (χ1) is 9.40. The molecule has 1 heterocycles. The number of thioether (sulfide) groups is 1. The highest BCUT2D eigenvalue weighted by Gasteiger charge is 2.27. The molecule has 1 N–H and O–H groups in total. The third kappa shape index (κ3) is 3.83. The molecule has 20 heavy (non-hydrogen) atoms. The van der Waals surface area contributed by atoms with Crippen LogP contribution in [0.25, 0.3) is 0 Å². The Hall–Kier alpha value is -0.870. The van der Waals surface area contributed by atoms with E-state index in [-0.39, 0.29) is 5.41 Å². The van der Waals surface area contributed by atoms with Gasteiger partial charge in [0.15, 0.2) is 5.17 Å². The predicted octanol–water partition coefficient (Wildman–Crippen LogP) is 4.67. The van der Waals surface area contributed by atoms with E-state index < -0.39 is 0 Å². The van der Waals surface area contributed by atoms with Gasteiger partial charge in [0.1, 0.15) is 5.75 Å². The van der Waals surface area contributed by atoms with Gasteiger partial charge in [-0.2, -0.15) is 0 Å². The lowest BCUT2D eigenvalue weighted by Crippen LogP contribution is -2.30. The monoisotopic (exact) mass is 312 g/mol. The van der Waals surface area contributed by atoms with Gasteiger partial charge in [0.05, 0.1) is 18.2 Å². The second-order valence-electron chi connectivity index (χ2n) is 5.93. The van der Waals surface area contributed by atoms with Gasteiger partial charge in [0.2, 0.25) is 0 Å². The van der Waals surface area contributed by atoms with Crippen LogP contribution in [0.5, 0.6) is 5.75 Å². The molecule has 1 aliphatic heterocycles. The van der Waals surface area contributed by atoms with Crippen LogP contribution in [0, 0.1) is 5.41 Å². The van der Waals surface area contributed by atoms with E-state index in [1.165, 1.54) is 0 Å². The maximum absolute atomic E-state index is 6.03. The second kappa shape index (κ2) is 6.27. The largest absolute Gasteiger partial charge is 0.495 e. The number of aliphatic imine (C=N–C) groups is 1. The molecule has 0 saturated carbocycles. The lowest BCUT2D eigenvalue weighted by molar-refractivity contribution is 0.316. The average Bonchev–Trinajstić information content (AvgIpc) is 2.40. The van der Waals surface area contributed by atoms with Gasteiger partial charge in [-0.15, -0.1) is 0 Å². The molecule has 3 nitrogen and oxygen atoms in total. The van der Waals surface area contributed by atoms with E-state index in [9.17, 15) is 0 Å². The number of rotatable bonds is 2. The molecule has 110 valence electrons. The molecule has 0 aromatic heterocycles. The Morgan fingerprint density at radius 2 is 2.15 bits per heavy atom. The molecule has 2 rings (SSSR count). The molecule has 0 fully saturated rings. The van der Waals surface area contributed by atoms with Crippen molar-refractivity contribution >= 4 is 34.2 Å². The van der Waals surface area contributed by atoms with Crippen LogP contribution in [0.15, 0.2) is 23.2 Å². The Kier molecular flexibility index (Phi) is 4.86. The Labute approximate surface area is 130 Å². The summed E-state index contributed by atoms with van der Waals surface area (Å²) in [5.74, 6) is 1.77. The summed E-state index contributed by atoms with van der Waals surface area (Å²) < 4.78 is 5.23. The van der Waals surface area contributed by atoms with Gasteiger partial charge in [0, 0.05) is 17.5 Å². The molecule has 0 bridgehead atoms. The Balaban J connectivity index is 2.15. The summed E-state index contributed by atoms with van der Waals surface area (Å²) in [7, 11) is 1.62. The number of nitrogens with one attached hydrogen (secondary N) is 1. The minimum Gasteiger partial charge on any atom is -0.495 e. The highest BCUT2D eigenvalue weighted by atomic mass is 35.5. The van der Waals surface area contributed by atoms with Crippen molar-refractivity contribution in [3.63, 3.8) is 0 Å². The van der Waals surface area contributed by atoms with Crippen LogP contribution in [0.3, 0.4) is 0 Å². The van der Waals surface area contributed by atoms with Gasteiger partial charge in [-0.3, -0.25) is 4.99 Å². The summed E-state index contributed by atoms with van der Waals surface area (Å²) in [5, 5.41) is 4.95. The van der Waals surface area contributed by atoms with Crippen molar-refractivity contribution in [3.05, 3.63) is 23.2 Å². The van der Waals surface area contributed by atoms with Gasteiger partial charge < -0.3 is 10.1 Å². The van der Waals surface area contributed by atoms with Gasteiger partial charge >= 0.3 is 0 Å². The van der Waals surface area contributed by atoms with Gasteiger partial charge in [-0.25, -0.2) is 0 Å². The average molecular weight is 313 g/mol. The van der Waals surface area contributed by atoms with Crippen molar-refractivity contribution in [2.45, 2.75) is 33.2 Å². The summed E-state index contributed by atoms with van der Waals surface area (Å²) in [6.45, 7) is 6.71. The topological polar surface area (TPSA) is 33.6 Å². The fourth-order valence-electron chi connectivity index (χ4n) is 2.07. The van der Waals surface area contributed by atoms with Crippen LogP contribution < -0.4 is 10.1 Å². The fourth-order valence-corrected chi connectivity index (χ4v) is 3.19. The first kappa shape index (κ1) is 15.5. The number of halogens is 1. The quantitative estimate of drug-likeness (QED) is 0.861. The molecule has 0 radical (unpaired) electrons. The predicted molar refractivity (Wildman–Crippen MR) is 89.4 cm³/mol. The van der Waals surface area contributed by atoms with Gasteiger partial charge in [0.25, 0.3) is 0 Å². The smallest absolute Gasteiger partial charge is 0.161 e. The van der Waals surface area contributed by atoms with Gasteiger partial charge in [-0.1, -0.05) is 44.1 Å². The van der Waals surface area contributed by atoms with E-state index in [1.54, 1.807) is 18.9 Å². The number of hydrogen-bond donors (Lipinski definition) is 1. The Morgan fingerprint density at radius 3 is 2.80 bits per heavy atom. The zero-order valence-corrected chi connectivity index (χ0v) is 13.9. The molecule has 1 aliphatic rings. The SMILES string of the molecule is COc1cc(NC2=NC(C(C)(C)C)CCS2)ccc1Cl. The molecule has 1 aromatic rings. The van der Waals surface area contributed by atoms with Gasteiger partial charge in [-0.05, 0) is 24.0 Å². The molecule has 5 heteroatoms. The normalized spacial score (nSPS) is 19.4. The molecule has 0 spiro atoms. The number of benzene rings is 1. The molecular weight excluding hydrogens is 292 g/mol. The molecule has 1 aromatic carbocycles. The van der Waals surface area contributed by atoms with Crippen LogP contribution in [0.2, 0.25) is 5.02 Å². The molecule has 0 amide bonds. The number of methoxy groups -OCH3 is 1. The molecular formula is C15H21ClN2OS. The van der Waals surface area contributed by atoms with Crippen LogP contribution in [0.4, 0.5) is 5.69 Å². The standard InChI is InChI=1S/C15H21ClN2OS/c1-15(2,3)13-7-8-20-14(18-13)17-10-5-6-11(16)12(9-10)19-4/h5-6,9,13H,7-8H2,1-4H3,(H,17,18). The van der Waals surface area contributed by atoms with Crippen molar-refractivity contribution in [1.29, 1.82) is 0 Å². The highest BCUT2D eigenvalue weighted by molar-refractivity contribution is 8.14. The van der Waals surface area contributed by atoms with Crippen LogP contribution in [0.1, 0.15) is 27.2 Å². The van der Waals surface area contributed by atoms with Crippen molar-refractivity contribution in [2.75, 3.05) is 18.2 Å². The maximum Gasteiger partial charge on any atom is 0.161 e. The maximum atomic E-state index is 6.03. The van der Waals surface area contributed by atoms with Crippen LogP contribution >= 0.6 is 23.4 Å². The first-order valence-electron chi connectivity index (χ1n) is 6.71. The first-order valence-corrected chi connectivity index (χ1v) is 8.07. The highest BCUT2D eigenvalue weighted by Crippen LogP contribution is 2.32. The zero-order chi connectivity index (χ0) is 14.8. The van der Waals surface area contributed by atoms with E-state index in [1.807, 2.05) is 18.2 Å². The summed E-state index contributed by atoms with van der Waals surface area (Å²) in [6, 6.07) is 6.03. The minimum absolute atomic E-state index is 0.200. The van der Waals surface area contributed by atoms with E-state index in [2.05, 4.69) is 26.1 Å². The lowest BCUT2D eigenvalue weighted by Gasteiger charge is -2.31. The minimum atomic E-state index is 0.200.